The van der Waals surface area contributed by atoms with Crippen LogP contribution in [0.25, 0.3) is 0 Å². The van der Waals surface area contributed by atoms with E-state index in [9.17, 15) is 4.39 Å². The van der Waals surface area contributed by atoms with Crippen LogP contribution < -0.4 is 5.46 Å². The smallest absolute Gasteiger partial charge is 0.423 e. The largest absolute Gasteiger partial charge is 0.488 e. The Morgan fingerprint density at radius 3 is 2.63 bits per heavy atom. The standard InChI is InChI=1S/C14H22BFO3/c1-3-4-7-19-10-12(9-16)14-6-5-13(15(17)18)8-11(14)2/h5-6,8,12,17-18H,3-4,7,9-10H2,1-2H3/t12-/m0/s1. The molecule has 0 aliphatic carbocycles. The second kappa shape index (κ2) is 8.30. The highest BCUT2D eigenvalue weighted by atomic mass is 19.1. The van der Waals surface area contributed by atoms with E-state index in [-0.39, 0.29) is 5.92 Å². The topological polar surface area (TPSA) is 49.7 Å². The van der Waals surface area contributed by atoms with Crippen molar-refractivity contribution in [1.29, 1.82) is 0 Å². The summed E-state index contributed by atoms with van der Waals surface area (Å²) in [6.45, 7) is 4.46. The van der Waals surface area contributed by atoms with Crippen LogP contribution >= 0.6 is 0 Å². The highest BCUT2D eigenvalue weighted by Crippen LogP contribution is 2.20. The quantitative estimate of drug-likeness (QED) is 0.555. The van der Waals surface area contributed by atoms with Crippen LogP contribution in [0.3, 0.4) is 0 Å². The molecule has 0 heterocycles. The lowest BCUT2D eigenvalue weighted by atomic mass is 9.78. The first-order valence-corrected chi connectivity index (χ1v) is 6.70. The molecule has 0 amide bonds. The predicted octanol–water partition coefficient (Wildman–Crippen LogP) is 1.54. The molecule has 0 aliphatic heterocycles. The van der Waals surface area contributed by atoms with E-state index < -0.39 is 13.8 Å². The van der Waals surface area contributed by atoms with Crippen LogP contribution in [0.1, 0.15) is 36.8 Å². The van der Waals surface area contributed by atoms with Crippen molar-refractivity contribution in [3.63, 3.8) is 0 Å². The van der Waals surface area contributed by atoms with Gasteiger partial charge in [-0.25, -0.2) is 0 Å². The van der Waals surface area contributed by atoms with Gasteiger partial charge in [-0.3, -0.25) is 4.39 Å². The highest BCUT2D eigenvalue weighted by Gasteiger charge is 2.17. The third-order valence-corrected chi connectivity index (χ3v) is 3.18. The first-order valence-electron chi connectivity index (χ1n) is 6.70. The van der Waals surface area contributed by atoms with E-state index >= 15 is 0 Å². The van der Waals surface area contributed by atoms with Gasteiger partial charge in [0.05, 0.1) is 13.3 Å². The van der Waals surface area contributed by atoms with Gasteiger partial charge in [-0.15, -0.1) is 0 Å². The molecule has 1 rings (SSSR count). The van der Waals surface area contributed by atoms with Crippen LogP contribution in [0.5, 0.6) is 0 Å². The zero-order valence-electron chi connectivity index (χ0n) is 11.6. The number of rotatable bonds is 8. The molecule has 0 bridgehead atoms. The Bertz CT molecular complexity index is 385. The summed E-state index contributed by atoms with van der Waals surface area (Å²) in [6, 6.07) is 5.04. The van der Waals surface area contributed by atoms with Crippen molar-refractivity contribution in [3.8, 4) is 0 Å². The molecule has 0 spiro atoms. The summed E-state index contributed by atoms with van der Waals surface area (Å²) < 4.78 is 18.6. The van der Waals surface area contributed by atoms with Crippen LogP contribution in [0.4, 0.5) is 4.39 Å². The number of halogens is 1. The summed E-state index contributed by atoms with van der Waals surface area (Å²) in [5, 5.41) is 18.2. The maximum atomic E-state index is 13.1. The average molecular weight is 268 g/mol. The molecule has 5 heteroatoms. The predicted molar refractivity (Wildman–Crippen MR) is 75.4 cm³/mol. The fourth-order valence-electron chi connectivity index (χ4n) is 2.01. The van der Waals surface area contributed by atoms with Gasteiger partial charge in [-0.2, -0.15) is 0 Å². The molecule has 1 atom stereocenters. The van der Waals surface area contributed by atoms with Crippen molar-refractivity contribution in [2.75, 3.05) is 19.9 Å². The highest BCUT2D eigenvalue weighted by molar-refractivity contribution is 6.58. The number of alkyl halides is 1. The van der Waals surface area contributed by atoms with Gasteiger partial charge in [0.2, 0.25) is 0 Å². The number of ether oxygens (including phenoxy) is 1. The van der Waals surface area contributed by atoms with E-state index in [1.807, 2.05) is 6.92 Å². The average Bonchev–Trinajstić information content (AvgIpc) is 2.39. The number of aryl methyl sites for hydroxylation is 1. The van der Waals surface area contributed by atoms with Gasteiger partial charge in [0.15, 0.2) is 0 Å². The fourth-order valence-corrected chi connectivity index (χ4v) is 2.01. The van der Waals surface area contributed by atoms with Crippen molar-refractivity contribution < 1.29 is 19.2 Å². The molecule has 0 unspecified atom stereocenters. The van der Waals surface area contributed by atoms with Crippen LogP contribution in [-0.4, -0.2) is 37.1 Å². The molecule has 106 valence electrons. The monoisotopic (exact) mass is 268 g/mol. The SMILES string of the molecule is CCCCOC[C@H](CF)c1ccc(B(O)O)cc1C. The second-order valence-corrected chi connectivity index (χ2v) is 4.77. The minimum absolute atomic E-state index is 0.290. The van der Waals surface area contributed by atoms with Crippen molar-refractivity contribution >= 4 is 12.6 Å². The van der Waals surface area contributed by atoms with Crippen molar-refractivity contribution in [2.45, 2.75) is 32.6 Å². The summed E-state index contributed by atoms with van der Waals surface area (Å²) in [7, 11) is -1.49. The molecule has 1 aromatic carbocycles. The summed E-state index contributed by atoms with van der Waals surface area (Å²) in [6.07, 6.45) is 2.04. The molecule has 0 fully saturated rings. The van der Waals surface area contributed by atoms with E-state index in [0.29, 0.717) is 18.7 Å². The lowest BCUT2D eigenvalue weighted by molar-refractivity contribution is 0.110. The fraction of sp³-hybridized carbons (Fsp3) is 0.571. The second-order valence-electron chi connectivity index (χ2n) is 4.77. The molecule has 2 N–H and O–H groups in total. The van der Waals surface area contributed by atoms with Crippen LogP contribution in [-0.2, 0) is 4.74 Å². The van der Waals surface area contributed by atoms with Crippen LogP contribution in [0.2, 0.25) is 0 Å². The lowest BCUT2D eigenvalue weighted by Gasteiger charge is -2.17. The molecule has 0 saturated heterocycles. The zero-order chi connectivity index (χ0) is 14.3. The Morgan fingerprint density at radius 2 is 2.11 bits per heavy atom. The molecular weight excluding hydrogens is 246 g/mol. The van der Waals surface area contributed by atoms with Crippen molar-refractivity contribution in [3.05, 3.63) is 29.3 Å². The van der Waals surface area contributed by atoms with Gasteiger partial charge in [0, 0.05) is 12.5 Å². The van der Waals surface area contributed by atoms with Crippen LogP contribution in [0.15, 0.2) is 18.2 Å². The van der Waals surface area contributed by atoms with Gasteiger partial charge in [0.25, 0.3) is 0 Å². The molecule has 1 aromatic rings. The van der Waals surface area contributed by atoms with Crippen LogP contribution in [0, 0.1) is 6.92 Å². The minimum Gasteiger partial charge on any atom is -0.423 e. The third kappa shape index (κ3) is 4.93. The van der Waals surface area contributed by atoms with E-state index in [2.05, 4.69) is 6.92 Å². The minimum atomic E-state index is -1.49. The molecular formula is C14H22BFO3. The van der Waals surface area contributed by atoms with E-state index in [4.69, 9.17) is 14.8 Å². The molecule has 0 radical (unpaired) electrons. The third-order valence-electron chi connectivity index (χ3n) is 3.18. The maximum absolute atomic E-state index is 13.1. The Hall–Kier alpha value is -0.905. The number of hydrogen-bond acceptors (Lipinski definition) is 3. The summed E-state index contributed by atoms with van der Waals surface area (Å²) in [5.41, 5.74) is 2.14. The Balaban J connectivity index is 2.70. The molecule has 19 heavy (non-hydrogen) atoms. The normalized spacial score (nSPS) is 12.5. The molecule has 0 aromatic heterocycles. The molecule has 0 saturated carbocycles. The first kappa shape index (κ1) is 16.2. The maximum Gasteiger partial charge on any atom is 0.488 e. The van der Waals surface area contributed by atoms with Gasteiger partial charge in [-0.1, -0.05) is 31.5 Å². The van der Waals surface area contributed by atoms with Gasteiger partial charge in [-0.05, 0) is 29.9 Å². The molecule has 0 aliphatic rings. The van der Waals surface area contributed by atoms with Crippen molar-refractivity contribution in [2.24, 2.45) is 0 Å². The molecule has 3 nitrogen and oxygen atoms in total. The Labute approximate surface area is 114 Å². The zero-order valence-corrected chi connectivity index (χ0v) is 11.6. The number of benzene rings is 1. The summed E-state index contributed by atoms with van der Waals surface area (Å²) >= 11 is 0. The van der Waals surface area contributed by atoms with Gasteiger partial charge < -0.3 is 14.8 Å². The summed E-state index contributed by atoms with van der Waals surface area (Å²) in [5.74, 6) is -0.290. The number of unbranched alkanes of at least 4 members (excludes halogenated alkanes) is 1. The van der Waals surface area contributed by atoms with E-state index in [1.54, 1.807) is 18.2 Å². The van der Waals surface area contributed by atoms with E-state index in [1.165, 1.54) is 0 Å². The number of hydrogen-bond donors (Lipinski definition) is 2. The van der Waals surface area contributed by atoms with E-state index in [0.717, 1.165) is 24.0 Å². The lowest BCUT2D eigenvalue weighted by Crippen LogP contribution is -2.30. The summed E-state index contributed by atoms with van der Waals surface area (Å²) in [4.78, 5) is 0. The van der Waals surface area contributed by atoms with Gasteiger partial charge >= 0.3 is 7.12 Å². The van der Waals surface area contributed by atoms with Gasteiger partial charge in [0.1, 0.15) is 0 Å². The Kier molecular flexibility index (Phi) is 7.06. The first-order chi connectivity index (χ1) is 9.10. The van der Waals surface area contributed by atoms with Crippen molar-refractivity contribution in [1.82, 2.24) is 0 Å². The Morgan fingerprint density at radius 1 is 1.37 bits per heavy atom.